The number of amides is 1. The molecule has 1 atom stereocenters. The number of likely N-dealkylation sites (N-methyl/N-ethyl adjacent to an activating group) is 1. The van der Waals surface area contributed by atoms with Gasteiger partial charge in [0, 0.05) is 51.4 Å². The molecule has 1 aromatic carbocycles. The summed E-state index contributed by atoms with van der Waals surface area (Å²) in [4.78, 5) is 25.6. The fraction of sp³-hybridized carbons (Fsp3) is 0.560. The number of aromatic nitrogens is 3. The lowest BCUT2D eigenvalue weighted by Gasteiger charge is -2.32. The molecule has 35 heavy (non-hydrogen) atoms. The van der Waals surface area contributed by atoms with Crippen molar-refractivity contribution in [1.29, 1.82) is 0 Å². The maximum Gasteiger partial charge on any atom is 0.224 e. The molecule has 2 fully saturated rings. The smallest absolute Gasteiger partial charge is 0.224 e. The fourth-order valence-corrected chi connectivity index (χ4v) is 5.73. The van der Waals surface area contributed by atoms with Gasteiger partial charge in [-0.1, -0.05) is 11.3 Å². The number of hydrogen-bond acceptors (Lipinski definition) is 8. The highest BCUT2D eigenvalue weighted by molar-refractivity contribution is 7.20. The van der Waals surface area contributed by atoms with Gasteiger partial charge in [-0.15, -0.1) is 5.10 Å². The summed E-state index contributed by atoms with van der Waals surface area (Å²) in [7, 11) is 3.84. The van der Waals surface area contributed by atoms with Crippen LogP contribution in [0.25, 0.3) is 16.2 Å². The number of imidazole rings is 1. The quantitative estimate of drug-likeness (QED) is 0.479. The number of methoxy groups -OCH3 is 1. The maximum atomic E-state index is 12.8. The van der Waals surface area contributed by atoms with Gasteiger partial charge in [0.2, 0.25) is 16.0 Å². The average molecular weight is 498 g/mol. The summed E-state index contributed by atoms with van der Waals surface area (Å²) in [6, 6.07) is 7.89. The van der Waals surface area contributed by atoms with Crippen LogP contribution in [0.15, 0.2) is 30.5 Å². The summed E-state index contributed by atoms with van der Waals surface area (Å²) in [6.45, 7) is 7.97. The number of fused-ring (bicyclic) bond motifs is 1. The Morgan fingerprint density at radius 3 is 2.71 bits per heavy atom. The van der Waals surface area contributed by atoms with Gasteiger partial charge in [0.1, 0.15) is 5.75 Å². The molecule has 0 aliphatic carbocycles. The SMILES string of the molecule is COc1ccc(-c2cn3nc(N4CCCC(C(=O)NCCCN5CCN(C)CC5)C4)sc3n2)cc1. The number of benzene rings is 1. The molecule has 10 heteroatoms. The van der Waals surface area contributed by atoms with Crippen molar-refractivity contribution in [2.45, 2.75) is 19.3 Å². The summed E-state index contributed by atoms with van der Waals surface area (Å²) in [5, 5.41) is 8.89. The molecule has 2 aliphatic heterocycles. The summed E-state index contributed by atoms with van der Waals surface area (Å²) >= 11 is 1.58. The Balaban J connectivity index is 1.13. The molecular weight excluding hydrogens is 462 g/mol. The number of carbonyl (C=O) groups excluding carboxylic acids is 1. The second-order valence-electron chi connectivity index (χ2n) is 9.54. The zero-order valence-corrected chi connectivity index (χ0v) is 21.5. The Morgan fingerprint density at radius 1 is 1.17 bits per heavy atom. The maximum absolute atomic E-state index is 12.8. The third-order valence-corrected chi connectivity index (χ3v) is 8.01. The molecule has 1 unspecified atom stereocenters. The molecule has 4 heterocycles. The van der Waals surface area contributed by atoms with E-state index in [1.165, 1.54) is 0 Å². The Hall–Kier alpha value is -2.69. The van der Waals surface area contributed by atoms with Crippen LogP contribution in [-0.4, -0.2) is 96.8 Å². The zero-order chi connectivity index (χ0) is 24.2. The molecule has 0 saturated carbocycles. The minimum atomic E-state index is 0.0125. The number of nitrogens with one attached hydrogen (secondary N) is 1. The van der Waals surface area contributed by atoms with Crippen LogP contribution in [0.2, 0.25) is 0 Å². The molecule has 5 rings (SSSR count). The highest BCUT2D eigenvalue weighted by Gasteiger charge is 2.28. The first-order chi connectivity index (χ1) is 17.1. The van der Waals surface area contributed by atoms with Crippen LogP contribution >= 0.6 is 11.3 Å². The molecule has 1 amide bonds. The van der Waals surface area contributed by atoms with Gasteiger partial charge in [-0.2, -0.15) is 0 Å². The molecule has 1 N–H and O–H groups in total. The van der Waals surface area contributed by atoms with E-state index in [1.807, 2.05) is 35.0 Å². The number of hydrogen-bond donors (Lipinski definition) is 1. The Labute approximate surface area is 210 Å². The van der Waals surface area contributed by atoms with Gasteiger partial charge in [0.25, 0.3) is 0 Å². The van der Waals surface area contributed by atoms with Crippen LogP contribution in [0, 0.1) is 5.92 Å². The normalized spacial score (nSPS) is 19.8. The van der Waals surface area contributed by atoms with Gasteiger partial charge in [-0.25, -0.2) is 9.50 Å². The predicted molar refractivity (Wildman–Crippen MR) is 139 cm³/mol. The van der Waals surface area contributed by atoms with Crippen molar-refractivity contribution < 1.29 is 9.53 Å². The number of carbonyl (C=O) groups is 1. The molecular formula is C25H35N7O2S. The van der Waals surface area contributed by atoms with Crippen molar-refractivity contribution in [2.24, 2.45) is 5.92 Å². The number of ether oxygens (including phenoxy) is 1. The lowest BCUT2D eigenvalue weighted by atomic mass is 9.97. The van der Waals surface area contributed by atoms with Gasteiger partial charge in [-0.05, 0) is 57.1 Å². The number of piperidine rings is 1. The van der Waals surface area contributed by atoms with E-state index in [2.05, 4.69) is 27.1 Å². The standard InChI is InChI=1S/C25H35N7O2S/c1-29-13-15-30(16-14-29)11-4-10-26-23(33)20-5-3-12-31(17-20)25-28-32-18-22(27-24(32)35-25)19-6-8-21(34-2)9-7-19/h6-9,18,20H,3-5,10-17H2,1-2H3,(H,26,33). The lowest BCUT2D eigenvalue weighted by molar-refractivity contribution is -0.125. The first-order valence-electron chi connectivity index (χ1n) is 12.5. The highest BCUT2D eigenvalue weighted by Crippen LogP contribution is 2.30. The average Bonchev–Trinajstić information content (AvgIpc) is 3.47. The van der Waals surface area contributed by atoms with E-state index in [9.17, 15) is 4.79 Å². The van der Waals surface area contributed by atoms with E-state index in [4.69, 9.17) is 14.8 Å². The summed E-state index contributed by atoms with van der Waals surface area (Å²) in [5.74, 6) is 1.02. The summed E-state index contributed by atoms with van der Waals surface area (Å²) < 4.78 is 7.09. The van der Waals surface area contributed by atoms with Crippen molar-refractivity contribution in [3.63, 3.8) is 0 Å². The van der Waals surface area contributed by atoms with Crippen molar-refractivity contribution in [1.82, 2.24) is 29.7 Å². The second kappa shape index (κ2) is 10.9. The largest absolute Gasteiger partial charge is 0.497 e. The van der Waals surface area contributed by atoms with Crippen LogP contribution in [0.1, 0.15) is 19.3 Å². The third-order valence-electron chi connectivity index (χ3n) is 7.03. The molecule has 9 nitrogen and oxygen atoms in total. The number of rotatable bonds is 8. The Kier molecular flexibility index (Phi) is 7.50. The van der Waals surface area contributed by atoms with Gasteiger partial charge in [0.05, 0.1) is 24.9 Å². The number of anilines is 1. The predicted octanol–water partition coefficient (Wildman–Crippen LogP) is 2.44. The fourth-order valence-electron chi connectivity index (χ4n) is 4.81. The Morgan fingerprint density at radius 2 is 1.97 bits per heavy atom. The zero-order valence-electron chi connectivity index (χ0n) is 20.7. The van der Waals surface area contributed by atoms with Gasteiger partial charge in [-0.3, -0.25) is 4.79 Å². The van der Waals surface area contributed by atoms with E-state index < -0.39 is 0 Å². The third kappa shape index (κ3) is 5.76. The van der Waals surface area contributed by atoms with E-state index in [0.717, 1.165) is 92.2 Å². The first kappa shape index (κ1) is 24.0. The molecule has 2 saturated heterocycles. The van der Waals surface area contributed by atoms with Crippen molar-refractivity contribution >= 4 is 27.3 Å². The van der Waals surface area contributed by atoms with E-state index >= 15 is 0 Å². The Bertz CT molecular complexity index is 1090. The van der Waals surface area contributed by atoms with Crippen LogP contribution in [-0.2, 0) is 4.79 Å². The summed E-state index contributed by atoms with van der Waals surface area (Å²) in [5.41, 5.74) is 1.93. The second-order valence-corrected chi connectivity index (χ2v) is 10.5. The van der Waals surface area contributed by atoms with Gasteiger partial charge < -0.3 is 24.8 Å². The van der Waals surface area contributed by atoms with Crippen molar-refractivity contribution in [3.05, 3.63) is 30.5 Å². The van der Waals surface area contributed by atoms with E-state index in [0.29, 0.717) is 6.54 Å². The van der Waals surface area contributed by atoms with E-state index in [1.54, 1.807) is 18.4 Å². The molecule has 2 aromatic heterocycles. The summed E-state index contributed by atoms with van der Waals surface area (Å²) in [6.07, 6.45) is 4.90. The van der Waals surface area contributed by atoms with Crippen LogP contribution < -0.4 is 15.0 Å². The molecule has 3 aromatic rings. The number of nitrogens with zero attached hydrogens (tertiary/aromatic N) is 6. The monoisotopic (exact) mass is 497 g/mol. The molecule has 0 spiro atoms. The topological polar surface area (TPSA) is 78.2 Å². The van der Waals surface area contributed by atoms with E-state index in [-0.39, 0.29) is 11.8 Å². The van der Waals surface area contributed by atoms with Crippen LogP contribution in [0.4, 0.5) is 5.13 Å². The number of piperazine rings is 1. The molecule has 2 aliphatic rings. The first-order valence-corrected chi connectivity index (χ1v) is 13.3. The van der Waals surface area contributed by atoms with Crippen molar-refractivity contribution in [2.75, 3.05) is 71.4 Å². The lowest BCUT2D eigenvalue weighted by Crippen LogP contribution is -2.46. The molecule has 0 radical (unpaired) electrons. The van der Waals surface area contributed by atoms with Crippen LogP contribution in [0.3, 0.4) is 0 Å². The van der Waals surface area contributed by atoms with Gasteiger partial charge >= 0.3 is 0 Å². The molecule has 0 bridgehead atoms. The van der Waals surface area contributed by atoms with Crippen molar-refractivity contribution in [3.8, 4) is 17.0 Å². The molecule has 188 valence electrons. The van der Waals surface area contributed by atoms with Crippen LogP contribution in [0.5, 0.6) is 5.75 Å². The minimum Gasteiger partial charge on any atom is -0.497 e. The van der Waals surface area contributed by atoms with Gasteiger partial charge in [0.15, 0.2) is 0 Å². The minimum absolute atomic E-state index is 0.0125. The highest BCUT2D eigenvalue weighted by atomic mass is 32.1.